The lowest BCUT2D eigenvalue weighted by atomic mass is 10.2. The Labute approximate surface area is 148 Å². The number of nitrogens with zero attached hydrogens (tertiary/aromatic N) is 2. The molecule has 0 saturated carbocycles. The molecule has 0 fully saturated rings. The van der Waals surface area contributed by atoms with Crippen LogP contribution < -0.4 is 10.9 Å². The van der Waals surface area contributed by atoms with Gasteiger partial charge in [-0.15, -0.1) is 0 Å². The van der Waals surface area contributed by atoms with Crippen LogP contribution in [0, 0.1) is 11.6 Å². The maximum absolute atomic E-state index is 13.8. The van der Waals surface area contributed by atoms with E-state index in [2.05, 4.69) is 10.4 Å². The highest BCUT2D eigenvalue weighted by Crippen LogP contribution is 2.19. The summed E-state index contributed by atoms with van der Waals surface area (Å²) in [5.74, 6) is -1.75. The number of rotatable bonds is 6. The Bertz CT molecular complexity index is 948. The first-order valence-electron chi connectivity index (χ1n) is 7.26. The van der Waals surface area contributed by atoms with Crippen molar-refractivity contribution < 1.29 is 17.2 Å². The van der Waals surface area contributed by atoms with Crippen LogP contribution in [0.5, 0.6) is 0 Å². The van der Waals surface area contributed by atoms with E-state index >= 15 is 0 Å². The minimum Gasteiger partial charge on any atom is -0.380 e. The zero-order chi connectivity index (χ0) is 18.8. The second-order valence-corrected chi connectivity index (χ2v) is 8.29. The predicted octanol–water partition coefficient (Wildman–Crippen LogP) is 2.40. The predicted molar refractivity (Wildman–Crippen MR) is 92.2 cm³/mol. The summed E-state index contributed by atoms with van der Waals surface area (Å²) < 4.78 is 49.9. The minimum atomic E-state index is -3.11. The Morgan fingerprint density at radius 1 is 1.36 bits per heavy atom. The van der Waals surface area contributed by atoms with Gasteiger partial charge in [0.1, 0.15) is 26.4 Å². The van der Waals surface area contributed by atoms with Gasteiger partial charge in [-0.3, -0.25) is 4.79 Å². The lowest BCUT2D eigenvalue weighted by molar-refractivity contribution is 0.570. The van der Waals surface area contributed by atoms with Gasteiger partial charge in [0.05, 0.1) is 17.6 Å². The Balaban J connectivity index is 2.27. The van der Waals surface area contributed by atoms with E-state index in [1.807, 2.05) is 0 Å². The maximum Gasteiger partial charge on any atom is 0.292 e. The van der Waals surface area contributed by atoms with E-state index < -0.39 is 27.0 Å². The van der Waals surface area contributed by atoms with E-state index in [0.717, 1.165) is 23.1 Å². The summed E-state index contributed by atoms with van der Waals surface area (Å²) in [6, 6.07) is 2.43. The van der Waals surface area contributed by atoms with Crippen molar-refractivity contribution in [2.45, 2.75) is 19.4 Å². The van der Waals surface area contributed by atoms with Gasteiger partial charge in [0, 0.05) is 18.4 Å². The molecule has 1 atom stereocenters. The molecule has 1 unspecified atom stereocenters. The number of anilines is 1. The van der Waals surface area contributed by atoms with Gasteiger partial charge in [-0.1, -0.05) is 11.6 Å². The smallest absolute Gasteiger partial charge is 0.292 e. The zero-order valence-corrected chi connectivity index (χ0v) is 15.0. The molecule has 1 N–H and O–H groups in total. The quantitative estimate of drug-likeness (QED) is 0.817. The molecule has 0 amide bonds. The molecule has 25 heavy (non-hydrogen) atoms. The standard InChI is InChI=1S/C15H16ClF2N3O3S/c1-9(5-6-25(2,23)24)20-12-8-19-21(15(22)14(12)16)13-4-3-10(17)7-11(13)18/h3-4,7-9,20H,5-6H2,1-2H3. The second-order valence-electron chi connectivity index (χ2n) is 5.65. The third kappa shape index (κ3) is 4.99. The fraction of sp³-hybridized carbons (Fsp3) is 0.333. The van der Waals surface area contributed by atoms with E-state index in [1.165, 1.54) is 6.20 Å². The first-order chi connectivity index (χ1) is 11.6. The second kappa shape index (κ2) is 7.49. The summed E-state index contributed by atoms with van der Waals surface area (Å²) in [7, 11) is -3.11. The van der Waals surface area contributed by atoms with Crippen LogP contribution >= 0.6 is 11.6 Å². The first-order valence-corrected chi connectivity index (χ1v) is 9.70. The SMILES string of the molecule is CC(CCS(C)(=O)=O)Nc1cnn(-c2ccc(F)cc2F)c(=O)c1Cl. The summed E-state index contributed by atoms with van der Waals surface area (Å²) >= 11 is 6.02. The summed E-state index contributed by atoms with van der Waals surface area (Å²) in [6.07, 6.45) is 2.67. The first kappa shape index (κ1) is 19.3. The topological polar surface area (TPSA) is 81.1 Å². The van der Waals surface area contributed by atoms with Gasteiger partial charge >= 0.3 is 0 Å². The van der Waals surface area contributed by atoms with Crippen molar-refractivity contribution in [3.63, 3.8) is 0 Å². The Hall–Kier alpha value is -2.00. The van der Waals surface area contributed by atoms with Crippen molar-refractivity contribution in [1.29, 1.82) is 0 Å². The van der Waals surface area contributed by atoms with E-state index in [1.54, 1.807) is 6.92 Å². The molecule has 2 aromatic rings. The fourth-order valence-electron chi connectivity index (χ4n) is 2.09. The van der Waals surface area contributed by atoms with E-state index in [9.17, 15) is 22.0 Å². The summed E-state index contributed by atoms with van der Waals surface area (Å²) in [6.45, 7) is 1.73. The van der Waals surface area contributed by atoms with Crippen molar-refractivity contribution in [2.75, 3.05) is 17.3 Å². The molecule has 2 rings (SSSR count). The Morgan fingerprint density at radius 2 is 2.04 bits per heavy atom. The lowest BCUT2D eigenvalue weighted by Crippen LogP contribution is -2.26. The molecule has 0 aliphatic rings. The molecular formula is C15H16ClF2N3O3S. The summed E-state index contributed by atoms with van der Waals surface area (Å²) in [5, 5.41) is 6.51. The number of hydrogen-bond donors (Lipinski definition) is 1. The number of sulfone groups is 1. The third-order valence-electron chi connectivity index (χ3n) is 3.38. The van der Waals surface area contributed by atoms with Gasteiger partial charge < -0.3 is 5.32 Å². The van der Waals surface area contributed by atoms with Crippen LogP contribution in [0.25, 0.3) is 5.69 Å². The summed E-state index contributed by atoms with van der Waals surface area (Å²) in [4.78, 5) is 12.3. The summed E-state index contributed by atoms with van der Waals surface area (Å²) in [5.41, 5.74) is -0.816. The number of halogens is 3. The lowest BCUT2D eigenvalue weighted by Gasteiger charge is -2.16. The Kier molecular flexibility index (Phi) is 5.79. The molecule has 0 saturated heterocycles. The van der Waals surface area contributed by atoms with E-state index in [0.29, 0.717) is 12.5 Å². The van der Waals surface area contributed by atoms with Crippen molar-refractivity contribution in [3.05, 3.63) is 51.4 Å². The molecule has 1 aromatic carbocycles. The number of hydrogen-bond acceptors (Lipinski definition) is 5. The molecule has 0 spiro atoms. The van der Waals surface area contributed by atoms with Gasteiger partial charge in [0.25, 0.3) is 5.56 Å². The molecule has 0 aliphatic heterocycles. The third-order valence-corrected chi connectivity index (χ3v) is 4.72. The van der Waals surface area contributed by atoms with Crippen LogP contribution in [0.15, 0.2) is 29.2 Å². The maximum atomic E-state index is 13.8. The van der Waals surface area contributed by atoms with E-state index in [4.69, 9.17) is 11.6 Å². The highest BCUT2D eigenvalue weighted by atomic mass is 35.5. The molecule has 136 valence electrons. The highest BCUT2D eigenvalue weighted by Gasteiger charge is 2.16. The van der Waals surface area contributed by atoms with Gasteiger partial charge in [-0.05, 0) is 25.5 Å². The van der Waals surface area contributed by atoms with Crippen LogP contribution in [0.4, 0.5) is 14.5 Å². The number of nitrogens with one attached hydrogen (secondary N) is 1. The van der Waals surface area contributed by atoms with Crippen molar-refractivity contribution >= 4 is 27.1 Å². The molecule has 0 radical (unpaired) electrons. The van der Waals surface area contributed by atoms with Crippen LogP contribution in [-0.4, -0.2) is 36.2 Å². The molecule has 10 heteroatoms. The monoisotopic (exact) mass is 391 g/mol. The Morgan fingerprint density at radius 3 is 2.64 bits per heavy atom. The zero-order valence-electron chi connectivity index (χ0n) is 13.5. The normalized spacial score (nSPS) is 12.8. The van der Waals surface area contributed by atoms with Gasteiger partial charge in [0.2, 0.25) is 0 Å². The largest absolute Gasteiger partial charge is 0.380 e. The average Bonchev–Trinajstić information content (AvgIpc) is 2.50. The van der Waals surface area contributed by atoms with Crippen LogP contribution in [0.1, 0.15) is 13.3 Å². The molecular weight excluding hydrogens is 376 g/mol. The van der Waals surface area contributed by atoms with Gasteiger partial charge in [-0.2, -0.15) is 9.78 Å². The van der Waals surface area contributed by atoms with Crippen LogP contribution in [0.2, 0.25) is 5.02 Å². The molecule has 1 aromatic heterocycles. The molecule has 6 nitrogen and oxygen atoms in total. The van der Waals surface area contributed by atoms with Crippen molar-refractivity contribution in [1.82, 2.24) is 9.78 Å². The fourth-order valence-corrected chi connectivity index (χ4v) is 3.05. The van der Waals surface area contributed by atoms with Crippen LogP contribution in [-0.2, 0) is 9.84 Å². The minimum absolute atomic E-state index is 0.0237. The van der Waals surface area contributed by atoms with E-state index in [-0.39, 0.29) is 28.2 Å². The van der Waals surface area contributed by atoms with Crippen molar-refractivity contribution in [3.8, 4) is 5.69 Å². The number of aromatic nitrogens is 2. The van der Waals surface area contributed by atoms with Crippen molar-refractivity contribution in [2.24, 2.45) is 0 Å². The average molecular weight is 392 g/mol. The van der Waals surface area contributed by atoms with Gasteiger partial charge in [0.15, 0.2) is 5.82 Å². The van der Waals surface area contributed by atoms with Crippen LogP contribution in [0.3, 0.4) is 0 Å². The number of benzene rings is 1. The molecule has 0 aliphatic carbocycles. The molecule has 1 heterocycles. The molecule has 0 bridgehead atoms. The van der Waals surface area contributed by atoms with Gasteiger partial charge in [-0.25, -0.2) is 17.2 Å². The highest BCUT2D eigenvalue weighted by molar-refractivity contribution is 7.90.